The van der Waals surface area contributed by atoms with Crippen molar-refractivity contribution in [3.63, 3.8) is 0 Å². The zero-order valence-electron chi connectivity index (χ0n) is 11.5. The fraction of sp³-hybridized carbons (Fsp3) is 0.200. The van der Waals surface area contributed by atoms with Crippen molar-refractivity contribution in [1.29, 1.82) is 0 Å². The maximum atomic E-state index is 6.38. The molecule has 0 amide bonds. The van der Waals surface area contributed by atoms with E-state index in [4.69, 9.17) is 26.8 Å². The van der Waals surface area contributed by atoms with Gasteiger partial charge in [-0.15, -0.1) is 0 Å². The van der Waals surface area contributed by atoms with Crippen LogP contribution in [0.25, 0.3) is 0 Å². The molecule has 3 nitrogen and oxygen atoms in total. The van der Waals surface area contributed by atoms with Crippen molar-refractivity contribution < 1.29 is 9.47 Å². The smallest absolute Gasteiger partial charge is 0.146 e. The summed E-state index contributed by atoms with van der Waals surface area (Å²) in [7, 11) is 3.12. The first-order valence-corrected chi connectivity index (χ1v) is 8.07. The van der Waals surface area contributed by atoms with E-state index in [-0.39, 0.29) is 6.04 Å². The number of nitrogens with two attached hydrogens (primary N) is 1. The van der Waals surface area contributed by atoms with Crippen molar-refractivity contribution in [1.82, 2.24) is 0 Å². The van der Waals surface area contributed by atoms with Gasteiger partial charge < -0.3 is 15.2 Å². The summed E-state index contributed by atoms with van der Waals surface area (Å²) >= 11 is 13.2. The van der Waals surface area contributed by atoms with Gasteiger partial charge in [-0.05, 0) is 29.8 Å². The molecular formula is C15H14Br2ClNO2. The Balaban J connectivity index is 2.52. The molecule has 1 unspecified atom stereocenters. The molecule has 0 aliphatic heterocycles. The molecule has 6 heteroatoms. The zero-order chi connectivity index (χ0) is 15.6. The highest BCUT2D eigenvalue weighted by atomic mass is 79.9. The molecule has 0 spiro atoms. The second kappa shape index (κ2) is 7.01. The van der Waals surface area contributed by atoms with Gasteiger partial charge in [0.1, 0.15) is 16.5 Å². The minimum absolute atomic E-state index is 0.370. The number of benzene rings is 2. The third-order valence-corrected chi connectivity index (χ3v) is 4.69. The molecular weight excluding hydrogens is 421 g/mol. The van der Waals surface area contributed by atoms with Gasteiger partial charge in [-0.25, -0.2) is 0 Å². The average Bonchev–Trinajstić information content (AvgIpc) is 2.46. The van der Waals surface area contributed by atoms with E-state index in [0.717, 1.165) is 20.1 Å². The van der Waals surface area contributed by atoms with Crippen LogP contribution < -0.4 is 15.2 Å². The Kier molecular flexibility index (Phi) is 5.54. The van der Waals surface area contributed by atoms with Gasteiger partial charge in [-0.3, -0.25) is 0 Å². The van der Waals surface area contributed by atoms with Gasteiger partial charge in [0, 0.05) is 14.5 Å². The maximum absolute atomic E-state index is 6.38. The molecule has 0 saturated heterocycles. The van der Waals surface area contributed by atoms with E-state index < -0.39 is 0 Å². The number of hydrogen-bond acceptors (Lipinski definition) is 3. The van der Waals surface area contributed by atoms with E-state index in [1.54, 1.807) is 20.3 Å². The lowest BCUT2D eigenvalue weighted by Gasteiger charge is -2.19. The summed E-state index contributed by atoms with van der Waals surface area (Å²) in [4.78, 5) is 0. The van der Waals surface area contributed by atoms with E-state index in [0.29, 0.717) is 16.5 Å². The van der Waals surface area contributed by atoms with Gasteiger partial charge in [0.15, 0.2) is 0 Å². The Morgan fingerprint density at radius 2 is 1.71 bits per heavy atom. The lowest BCUT2D eigenvalue weighted by Crippen LogP contribution is -2.14. The van der Waals surface area contributed by atoms with Crippen molar-refractivity contribution >= 4 is 43.5 Å². The normalized spacial score (nSPS) is 12.1. The second-order valence-electron chi connectivity index (χ2n) is 4.35. The maximum Gasteiger partial charge on any atom is 0.146 e. The first kappa shape index (κ1) is 16.6. The number of methoxy groups -OCH3 is 2. The van der Waals surface area contributed by atoms with Crippen molar-refractivity contribution in [2.75, 3.05) is 14.2 Å². The van der Waals surface area contributed by atoms with Crippen LogP contribution in [0, 0.1) is 0 Å². The van der Waals surface area contributed by atoms with E-state index in [1.807, 2.05) is 24.3 Å². The fourth-order valence-electron chi connectivity index (χ4n) is 2.08. The minimum atomic E-state index is -0.370. The largest absolute Gasteiger partial charge is 0.495 e. The van der Waals surface area contributed by atoms with E-state index in [9.17, 15) is 0 Å². The van der Waals surface area contributed by atoms with Gasteiger partial charge in [0.25, 0.3) is 0 Å². The number of rotatable bonds is 4. The average molecular weight is 436 g/mol. The number of hydrogen-bond donors (Lipinski definition) is 1. The van der Waals surface area contributed by atoms with Crippen molar-refractivity contribution in [2.45, 2.75) is 6.04 Å². The topological polar surface area (TPSA) is 44.5 Å². The van der Waals surface area contributed by atoms with Crippen LogP contribution in [-0.4, -0.2) is 14.2 Å². The Morgan fingerprint density at radius 3 is 2.29 bits per heavy atom. The molecule has 0 aromatic heterocycles. The van der Waals surface area contributed by atoms with Gasteiger partial charge in [0.05, 0.1) is 20.3 Å². The standard InChI is InChI=1S/C15H14Br2ClNO2/c1-20-12-6-5-10(15(21-2)13(12)18)14(19)9-4-3-8(16)7-11(9)17/h3-7,14H,19H2,1-2H3. The summed E-state index contributed by atoms with van der Waals surface area (Å²) in [6.45, 7) is 0. The van der Waals surface area contributed by atoms with E-state index in [2.05, 4.69) is 31.9 Å². The molecule has 2 aromatic carbocycles. The molecule has 0 radical (unpaired) electrons. The molecule has 2 aromatic rings. The first-order valence-electron chi connectivity index (χ1n) is 6.10. The van der Waals surface area contributed by atoms with E-state index >= 15 is 0 Å². The highest BCUT2D eigenvalue weighted by Gasteiger charge is 2.20. The molecule has 0 fully saturated rings. The van der Waals surface area contributed by atoms with Gasteiger partial charge in [0.2, 0.25) is 0 Å². The molecule has 112 valence electrons. The summed E-state index contributed by atoms with van der Waals surface area (Å²) in [5.74, 6) is 1.08. The molecule has 2 rings (SSSR count). The quantitative estimate of drug-likeness (QED) is 0.741. The SMILES string of the molecule is COc1ccc(C(N)c2ccc(Br)cc2Br)c(OC)c1Cl. The highest BCUT2D eigenvalue weighted by Crippen LogP contribution is 2.41. The van der Waals surface area contributed by atoms with Crippen LogP contribution in [0.5, 0.6) is 11.5 Å². The number of halogens is 3. The summed E-state index contributed by atoms with van der Waals surface area (Å²) < 4.78 is 12.5. The van der Waals surface area contributed by atoms with Crippen LogP contribution in [0.3, 0.4) is 0 Å². The Hall–Kier alpha value is -0.750. The van der Waals surface area contributed by atoms with Gasteiger partial charge in [-0.1, -0.05) is 49.5 Å². The third-order valence-electron chi connectivity index (χ3n) is 3.15. The molecule has 0 bridgehead atoms. The zero-order valence-corrected chi connectivity index (χ0v) is 15.4. The van der Waals surface area contributed by atoms with Crippen molar-refractivity contribution in [2.24, 2.45) is 5.73 Å². The van der Waals surface area contributed by atoms with Crippen LogP contribution in [0.15, 0.2) is 39.3 Å². The molecule has 0 heterocycles. The lowest BCUT2D eigenvalue weighted by atomic mass is 9.98. The predicted molar refractivity (Wildman–Crippen MR) is 92.4 cm³/mol. The first-order chi connectivity index (χ1) is 9.99. The van der Waals surface area contributed by atoms with Crippen LogP contribution in [0.1, 0.15) is 17.2 Å². The van der Waals surface area contributed by atoms with Gasteiger partial charge >= 0.3 is 0 Å². The van der Waals surface area contributed by atoms with Gasteiger partial charge in [-0.2, -0.15) is 0 Å². The number of ether oxygens (including phenoxy) is 2. The Bertz CT molecular complexity index is 664. The Labute approximate surface area is 145 Å². The summed E-state index contributed by atoms with van der Waals surface area (Å²) in [5.41, 5.74) is 8.12. The predicted octanol–water partition coefficient (Wildman–Crippen LogP) is 4.93. The molecule has 0 aliphatic rings. The van der Waals surface area contributed by atoms with Crippen molar-refractivity contribution in [3.8, 4) is 11.5 Å². The molecule has 1 atom stereocenters. The van der Waals surface area contributed by atoms with Crippen molar-refractivity contribution in [3.05, 3.63) is 55.4 Å². The summed E-state index contributed by atoms with van der Waals surface area (Å²) in [6.07, 6.45) is 0. The molecule has 2 N–H and O–H groups in total. The second-order valence-corrected chi connectivity index (χ2v) is 6.50. The molecule has 21 heavy (non-hydrogen) atoms. The molecule has 0 saturated carbocycles. The fourth-order valence-corrected chi connectivity index (χ4v) is 3.70. The van der Waals surface area contributed by atoms with Crippen LogP contribution >= 0.6 is 43.5 Å². The van der Waals surface area contributed by atoms with Crippen LogP contribution in [0.2, 0.25) is 5.02 Å². The molecule has 0 aliphatic carbocycles. The monoisotopic (exact) mass is 433 g/mol. The summed E-state index contributed by atoms with van der Waals surface area (Å²) in [5, 5.41) is 0.418. The Morgan fingerprint density at radius 1 is 1.05 bits per heavy atom. The minimum Gasteiger partial charge on any atom is -0.495 e. The highest BCUT2D eigenvalue weighted by molar-refractivity contribution is 9.11. The lowest BCUT2D eigenvalue weighted by molar-refractivity contribution is 0.390. The third kappa shape index (κ3) is 3.37. The van der Waals surface area contributed by atoms with Crippen LogP contribution in [0.4, 0.5) is 0 Å². The summed E-state index contributed by atoms with van der Waals surface area (Å²) in [6, 6.07) is 9.13. The van der Waals surface area contributed by atoms with E-state index in [1.165, 1.54) is 0 Å². The van der Waals surface area contributed by atoms with Crippen LogP contribution in [-0.2, 0) is 0 Å².